The van der Waals surface area contributed by atoms with Crippen LogP contribution in [0.15, 0.2) is 28.9 Å². The Bertz CT molecular complexity index is 542. The lowest BCUT2D eigenvalue weighted by molar-refractivity contribution is 0.0600. The SMILES string of the molecule is CCCCOc1cc(C(=O)OC)cc2occc12. The molecule has 0 radical (unpaired) electrons. The highest BCUT2D eigenvalue weighted by molar-refractivity contribution is 5.96. The number of hydrogen-bond donors (Lipinski definition) is 0. The normalized spacial score (nSPS) is 10.6. The van der Waals surface area contributed by atoms with Crippen LogP contribution in [0.25, 0.3) is 11.0 Å². The molecular weight excluding hydrogens is 232 g/mol. The molecule has 0 fully saturated rings. The molecule has 4 nitrogen and oxygen atoms in total. The summed E-state index contributed by atoms with van der Waals surface area (Å²) in [6.07, 6.45) is 3.62. The van der Waals surface area contributed by atoms with E-state index in [1.807, 2.05) is 6.07 Å². The fourth-order valence-corrected chi connectivity index (χ4v) is 1.72. The van der Waals surface area contributed by atoms with E-state index in [-0.39, 0.29) is 0 Å². The summed E-state index contributed by atoms with van der Waals surface area (Å²) in [7, 11) is 1.35. The minimum atomic E-state index is -0.395. The molecule has 4 heteroatoms. The predicted octanol–water partition coefficient (Wildman–Crippen LogP) is 3.40. The highest BCUT2D eigenvalue weighted by Crippen LogP contribution is 2.29. The molecule has 0 aliphatic carbocycles. The number of carbonyl (C=O) groups excluding carboxylic acids is 1. The van der Waals surface area contributed by atoms with Crippen LogP contribution in [-0.2, 0) is 4.74 Å². The largest absolute Gasteiger partial charge is 0.493 e. The van der Waals surface area contributed by atoms with E-state index in [9.17, 15) is 4.79 Å². The summed E-state index contributed by atoms with van der Waals surface area (Å²) in [6, 6.07) is 5.19. The number of ether oxygens (including phenoxy) is 2. The summed E-state index contributed by atoms with van der Waals surface area (Å²) in [5.74, 6) is 0.267. The fourth-order valence-electron chi connectivity index (χ4n) is 1.72. The predicted molar refractivity (Wildman–Crippen MR) is 68.0 cm³/mol. The zero-order chi connectivity index (χ0) is 13.0. The van der Waals surface area contributed by atoms with E-state index in [0.717, 1.165) is 18.2 Å². The van der Waals surface area contributed by atoms with Crippen LogP contribution in [0.3, 0.4) is 0 Å². The van der Waals surface area contributed by atoms with Gasteiger partial charge in [-0.1, -0.05) is 13.3 Å². The fraction of sp³-hybridized carbons (Fsp3) is 0.357. The summed E-state index contributed by atoms with van der Waals surface area (Å²) in [5.41, 5.74) is 1.07. The van der Waals surface area contributed by atoms with Crippen LogP contribution < -0.4 is 4.74 Å². The molecule has 2 aromatic rings. The topological polar surface area (TPSA) is 48.7 Å². The van der Waals surface area contributed by atoms with Crippen LogP contribution in [0, 0.1) is 0 Å². The first-order valence-corrected chi connectivity index (χ1v) is 5.98. The molecule has 0 amide bonds. The number of unbranched alkanes of at least 4 members (excludes halogenated alkanes) is 1. The molecule has 0 saturated carbocycles. The Balaban J connectivity index is 2.35. The van der Waals surface area contributed by atoms with Gasteiger partial charge in [0.15, 0.2) is 0 Å². The van der Waals surface area contributed by atoms with Crippen molar-refractivity contribution < 1.29 is 18.7 Å². The maximum absolute atomic E-state index is 11.5. The molecule has 0 aliphatic rings. The second-order valence-corrected chi connectivity index (χ2v) is 4.00. The van der Waals surface area contributed by atoms with E-state index in [1.165, 1.54) is 7.11 Å². The van der Waals surface area contributed by atoms with E-state index < -0.39 is 5.97 Å². The van der Waals surface area contributed by atoms with Crippen LogP contribution >= 0.6 is 0 Å². The lowest BCUT2D eigenvalue weighted by atomic mass is 10.1. The molecule has 0 aliphatic heterocycles. The van der Waals surface area contributed by atoms with Crippen LogP contribution in [0.5, 0.6) is 5.75 Å². The van der Waals surface area contributed by atoms with Crippen molar-refractivity contribution in [2.24, 2.45) is 0 Å². The molecule has 0 N–H and O–H groups in total. The van der Waals surface area contributed by atoms with Crippen LogP contribution in [-0.4, -0.2) is 19.7 Å². The minimum Gasteiger partial charge on any atom is -0.493 e. The molecule has 1 aromatic carbocycles. The summed E-state index contributed by atoms with van der Waals surface area (Å²) < 4.78 is 15.7. The van der Waals surface area contributed by atoms with Crippen molar-refractivity contribution in [3.8, 4) is 5.75 Å². The van der Waals surface area contributed by atoms with Gasteiger partial charge in [-0.05, 0) is 24.6 Å². The second-order valence-electron chi connectivity index (χ2n) is 4.00. The van der Waals surface area contributed by atoms with Crippen molar-refractivity contribution in [3.63, 3.8) is 0 Å². The van der Waals surface area contributed by atoms with E-state index in [2.05, 4.69) is 6.92 Å². The molecule has 1 heterocycles. The van der Waals surface area contributed by atoms with Crippen LogP contribution in [0.1, 0.15) is 30.1 Å². The summed E-state index contributed by atoms with van der Waals surface area (Å²) in [5, 5.41) is 0.874. The first-order chi connectivity index (χ1) is 8.76. The molecule has 0 unspecified atom stereocenters. The highest BCUT2D eigenvalue weighted by Gasteiger charge is 2.13. The van der Waals surface area contributed by atoms with Crippen LogP contribution in [0.4, 0.5) is 0 Å². The Morgan fingerprint density at radius 1 is 1.39 bits per heavy atom. The van der Waals surface area contributed by atoms with Crippen molar-refractivity contribution in [1.29, 1.82) is 0 Å². The first kappa shape index (κ1) is 12.5. The molecule has 0 bridgehead atoms. The minimum absolute atomic E-state index is 0.395. The zero-order valence-corrected chi connectivity index (χ0v) is 10.6. The molecule has 1 aromatic heterocycles. The standard InChI is InChI=1S/C14H16O4/c1-3-4-6-17-12-8-10(14(15)16-2)9-13-11(12)5-7-18-13/h5,7-9H,3-4,6H2,1-2H3. The van der Waals surface area contributed by atoms with E-state index >= 15 is 0 Å². The Hall–Kier alpha value is -1.97. The average molecular weight is 248 g/mol. The number of methoxy groups -OCH3 is 1. The Morgan fingerprint density at radius 3 is 2.94 bits per heavy atom. The summed E-state index contributed by atoms with van der Waals surface area (Å²) >= 11 is 0. The number of hydrogen-bond acceptors (Lipinski definition) is 4. The van der Waals surface area contributed by atoms with Crippen molar-refractivity contribution >= 4 is 16.9 Å². The van der Waals surface area contributed by atoms with Gasteiger partial charge in [0, 0.05) is 0 Å². The third kappa shape index (κ3) is 2.47. The van der Waals surface area contributed by atoms with Gasteiger partial charge in [0.2, 0.25) is 0 Å². The zero-order valence-electron chi connectivity index (χ0n) is 10.6. The number of furan rings is 1. The number of carbonyl (C=O) groups is 1. The number of rotatable bonds is 5. The molecule has 96 valence electrons. The summed E-state index contributed by atoms with van der Waals surface area (Å²) in [4.78, 5) is 11.5. The second kappa shape index (κ2) is 5.58. The number of esters is 1. The van der Waals surface area contributed by atoms with Gasteiger partial charge in [0.05, 0.1) is 30.9 Å². The first-order valence-electron chi connectivity index (χ1n) is 5.98. The third-order valence-corrected chi connectivity index (χ3v) is 2.71. The third-order valence-electron chi connectivity index (χ3n) is 2.71. The van der Waals surface area contributed by atoms with Gasteiger partial charge in [-0.2, -0.15) is 0 Å². The maximum Gasteiger partial charge on any atom is 0.338 e. The Kier molecular flexibility index (Phi) is 3.87. The lowest BCUT2D eigenvalue weighted by Gasteiger charge is -2.08. The van der Waals surface area contributed by atoms with Gasteiger partial charge in [-0.3, -0.25) is 0 Å². The Morgan fingerprint density at radius 2 is 2.22 bits per heavy atom. The Labute approximate surface area is 105 Å². The van der Waals surface area contributed by atoms with Crippen LogP contribution in [0.2, 0.25) is 0 Å². The average Bonchev–Trinajstić information content (AvgIpc) is 2.86. The van der Waals surface area contributed by atoms with Crippen molar-refractivity contribution in [2.45, 2.75) is 19.8 Å². The monoisotopic (exact) mass is 248 g/mol. The quantitative estimate of drug-likeness (QED) is 0.601. The number of fused-ring (bicyclic) bond motifs is 1. The van der Waals surface area contributed by atoms with Gasteiger partial charge in [-0.25, -0.2) is 4.79 Å². The van der Waals surface area contributed by atoms with Crippen molar-refractivity contribution in [3.05, 3.63) is 30.0 Å². The van der Waals surface area contributed by atoms with E-state index in [1.54, 1.807) is 18.4 Å². The lowest BCUT2D eigenvalue weighted by Crippen LogP contribution is -2.03. The molecule has 18 heavy (non-hydrogen) atoms. The molecule has 0 saturated heterocycles. The molecule has 0 spiro atoms. The van der Waals surface area contributed by atoms with Gasteiger partial charge >= 0.3 is 5.97 Å². The van der Waals surface area contributed by atoms with E-state index in [4.69, 9.17) is 13.9 Å². The molecular formula is C14H16O4. The number of benzene rings is 1. The van der Waals surface area contributed by atoms with Gasteiger partial charge < -0.3 is 13.9 Å². The maximum atomic E-state index is 11.5. The van der Waals surface area contributed by atoms with Gasteiger partial charge in [0.25, 0.3) is 0 Å². The molecule has 2 rings (SSSR count). The smallest absolute Gasteiger partial charge is 0.338 e. The van der Waals surface area contributed by atoms with Crippen molar-refractivity contribution in [1.82, 2.24) is 0 Å². The van der Waals surface area contributed by atoms with Crippen molar-refractivity contribution in [2.75, 3.05) is 13.7 Å². The van der Waals surface area contributed by atoms with E-state index in [0.29, 0.717) is 23.5 Å². The summed E-state index contributed by atoms with van der Waals surface area (Å²) in [6.45, 7) is 2.73. The molecule has 0 atom stereocenters. The van der Waals surface area contributed by atoms with Gasteiger partial charge in [0.1, 0.15) is 11.3 Å². The highest BCUT2D eigenvalue weighted by atomic mass is 16.5. The van der Waals surface area contributed by atoms with Gasteiger partial charge in [-0.15, -0.1) is 0 Å².